The van der Waals surface area contributed by atoms with Gasteiger partial charge in [-0.3, -0.25) is 0 Å². The van der Waals surface area contributed by atoms with Gasteiger partial charge < -0.3 is 0 Å². The maximum absolute atomic E-state index is 2.43. The molecule has 0 spiro atoms. The summed E-state index contributed by atoms with van der Waals surface area (Å²) in [7, 11) is 0. The van der Waals surface area contributed by atoms with E-state index in [-0.39, 0.29) is 10.8 Å². The van der Waals surface area contributed by atoms with Crippen molar-refractivity contribution in [3.05, 3.63) is 71.8 Å². The van der Waals surface area contributed by atoms with E-state index >= 15 is 0 Å². The zero-order chi connectivity index (χ0) is 19.5. The summed E-state index contributed by atoms with van der Waals surface area (Å²) in [6.45, 7) is 19.4. The van der Waals surface area contributed by atoms with Gasteiger partial charge in [0.2, 0.25) is 0 Å². The van der Waals surface area contributed by atoms with E-state index in [1.807, 2.05) is 0 Å². The van der Waals surface area contributed by atoms with Crippen LogP contribution in [-0.2, 0) is 10.8 Å². The van der Waals surface area contributed by atoms with E-state index in [2.05, 4.69) is 116 Å². The zero-order valence-electron chi connectivity index (χ0n) is 18.1. The Bertz CT molecular complexity index is 584. The number of hydrogen-bond acceptors (Lipinski definition) is 0. The molecule has 0 aromatic heterocycles. The van der Waals surface area contributed by atoms with Gasteiger partial charge in [0, 0.05) is 10.8 Å². The minimum atomic E-state index is 0.0535. The Hall–Kier alpha value is -1.56. The highest BCUT2D eigenvalue weighted by Crippen LogP contribution is 2.60. The van der Waals surface area contributed by atoms with E-state index in [1.165, 1.54) is 11.1 Å². The van der Waals surface area contributed by atoms with Gasteiger partial charge in [0.05, 0.1) is 0 Å². The highest BCUT2D eigenvalue weighted by atomic mass is 14.6. The maximum atomic E-state index is 2.43. The van der Waals surface area contributed by atoms with Gasteiger partial charge >= 0.3 is 0 Å². The largest absolute Gasteiger partial charge is 0.0622 e. The summed E-state index contributed by atoms with van der Waals surface area (Å²) in [6.07, 6.45) is 0. The SMILES string of the molecule is CC(C)C(c1ccccc1)(C(C)C)C(c1ccccc1)(C(C)C)C(C)C. The Balaban J connectivity index is 3.01. The third-order valence-electron chi connectivity index (χ3n) is 6.83. The molecule has 2 aromatic carbocycles. The minimum Gasteiger partial charge on any atom is -0.0622 e. The van der Waals surface area contributed by atoms with E-state index in [0.717, 1.165) is 0 Å². The molecule has 2 rings (SSSR count). The molecule has 0 atom stereocenters. The average Bonchev–Trinajstić information content (AvgIpc) is 2.59. The van der Waals surface area contributed by atoms with E-state index in [9.17, 15) is 0 Å². The molecule has 0 aliphatic carbocycles. The minimum absolute atomic E-state index is 0.0535. The standard InChI is InChI=1S/C26H38/c1-19(2)25(20(3)4,23-15-11-9-12-16-23)26(21(5)6,22(7)8)24-17-13-10-14-18-24/h9-22H,1-8H3. The second-order valence-electron chi connectivity index (χ2n) is 9.09. The fourth-order valence-corrected chi connectivity index (χ4v) is 6.48. The summed E-state index contributed by atoms with van der Waals surface area (Å²) in [5, 5.41) is 0. The summed E-state index contributed by atoms with van der Waals surface area (Å²) in [5.74, 6) is 2.09. The molecule has 142 valence electrons. The molecule has 0 saturated carbocycles. The molecule has 0 bridgehead atoms. The number of hydrogen-bond donors (Lipinski definition) is 0. The second kappa shape index (κ2) is 7.99. The molecule has 0 unspecified atom stereocenters. The second-order valence-corrected chi connectivity index (χ2v) is 9.09. The first kappa shape index (κ1) is 20.7. The summed E-state index contributed by atoms with van der Waals surface area (Å²) in [5.41, 5.74) is 3.07. The van der Waals surface area contributed by atoms with Gasteiger partial charge in [-0.15, -0.1) is 0 Å². The van der Waals surface area contributed by atoms with Crippen molar-refractivity contribution in [2.75, 3.05) is 0 Å². The fraction of sp³-hybridized carbons (Fsp3) is 0.538. The van der Waals surface area contributed by atoms with Crippen LogP contribution in [0, 0.1) is 23.7 Å². The van der Waals surface area contributed by atoms with E-state index in [0.29, 0.717) is 23.7 Å². The van der Waals surface area contributed by atoms with Crippen LogP contribution < -0.4 is 0 Å². The quantitative estimate of drug-likeness (QED) is 0.485. The van der Waals surface area contributed by atoms with Crippen LogP contribution in [0.4, 0.5) is 0 Å². The molecule has 0 nitrogen and oxygen atoms in total. The Kier molecular flexibility index (Phi) is 6.37. The summed E-state index contributed by atoms with van der Waals surface area (Å²) >= 11 is 0. The summed E-state index contributed by atoms with van der Waals surface area (Å²) in [4.78, 5) is 0. The van der Waals surface area contributed by atoms with Crippen LogP contribution in [0.15, 0.2) is 60.7 Å². The van der Waals surface area contributed by atoms with Crippen molar-refractivity contribution in [2.24, 2.45) is 23.7 Å². The van der Waals surface area contributed by atoms with Crippen molar-refractivity contribution in [3.63, 3.8) is 0 Å². The van der Waals surface area contributed by atoms with Gasteiger partial charge in [0.1, 0.15) is 0 Å². The molecule has 0 saturated heterocycles. The van der Waals surface area contributed by atoms with E-state index < -0.39 is 0 Å². The lowest BCUT2D eigenvalue weighted by atomic mass is 9.42. The Morgan fingerprint density at radius 3 is 0.846 bits per heavy atom. The average molecular weight is 351 g/mol. The Labute approximate surface area is 162 Å². The van der Waals surface area contributed by atoms with E-state index in [4.69, 9.17) is 0 Å². The third kappa shape index (κ3) is 2.92. The lowest BCUT2D eigenvalue weighted by Gasteiger charge is -2.61. The molecule has 0 amide bonds. The van der Waals surface area contributed by atoms with Crippen molar-refractivity contribution in [1.82, 2.24) is 0 Å². The van der Waals surface area contributed by atoms with Crippen molar-refractivity contribution < 1.29 is 0 Å². The molecule has 26 heavy (non-hydrogen) atoms. The highest BCUT2D eigenvalue weighted by Gasteiger charge is 2.59. The predicted octanol–water partition coefficient (Wildman–Crippen LogP) is 7.49. The van der Waals surface area contributed by atoms with Crippen LogP contribution >= 0.6 is 0 Å². The molecular formula is C26H38. The van der Waals surface area contributed by atoms with Gasteiger partial charge in [-0.2, -0.15) is 0 Å². The molecule has 0 heterocycles. The fourth-order valence-electron chi connectivity index (χ4n) is 6.48. The number of rotatable bonds is 7. The van der Waals surface area contributed by atoms with Crippen molar-refractivity contribution >= 4 is 0 Å². The predicted molar refractivity (Wildman–Crippen MR) is 116 cm³/mol. The van der Waals surface area contributed by atoms with Gasteiger partial charge in [-0.1, -0.05) is 116 Å². The van der Waals surface area contributed by atoms with Gasteiger partial charge in [-0.25, -0.2) is 0 Å². The molecule has 2 aromatic rings. The molecule has 0 N–H and O–H groups in total. The topological polar surface area (TPSA) is 0 Å². The maximum Gasteiger partial charge on any atom is 0.0101 e. The molecule has 0 aliphatic rings. The lowest BCUT2D eigenvalue weighted by molar-refractivity contribution is 0.0145. The Morgan fingerprint density at radius 1 is 0.423 bits per heavy atom. The molecular weight excluding hydrogens is 312 g/mol. The van der Waals surface area contributed by atoms with Crippen molar-refractivity contribution in [2.45, 2.75) is 66.2 Å². The van der Waals surface area contributed by atoms with Crippen molar-refractivity contribution in [1.29, 1.82) is 0 Å². The van der Waals surface area contributed by atoms with Crippen LogP contribution in [0.2, 0.25) is 0 Å². The van der Waals surface area contributed by atoms with Gasteiger partial charge in [-0.05, 0) is 34.8 Å². The third-order valence-corrected chi connectivity index (χ3v) is 6.83. The van der Waals surface area contributed by atoms with Crippen LogP contribution in [0.25, 0.3) is 0 Å². The Morgan fingerprint density at radius 2 is 0.654 bits per heavy atom. The first-order valence-corrected chi connectivity index (χ1v) is 10.3. The molecule has 0 heteroatoms. The normalized spacial score (nSPS) is 13.2. The van der Waals surface area contributed by atoms with Gasteiger partial charge in [0.25, 0.3) is 0 Å². The number of benzene rings is 2. The van der Waals surface area contributed by atoms with E-state index in [1.54, 1.807) is 0 Å². The summed E-state index contributed by atoms with van der Waals surface area (Å²) in [6, 6.07) is 22.6. The van der Waals surface area contributed by atoms with Crippen molar-refractivity contribution in [3.8, 4) is 0 Å². The van der Waals surface area contributed by atoms with Crippen LogP contribution in [0.3, 0.4) is 0 Å². The molecule has 0 aliphatic heterocycles. The van der Waals surface area contributed by atoms with Gasteiger partial charge in [0.15, 0.2) is 0 Å². The monoisotopic (exact) mass is 350 g/mol. The molecule has 0 fully saturated rings. The highest BCUT2D eigenvalue weighted by molar-refractivity contribution is 5.42. The van der Waals surface area contributed by atoms with Crippen LogP contribution in [-0.4, -0.2) is 0 Å². The first-order valence-electron chi connectivity index (χ1n) is 10.3. The first-order chi connectivity index (χ1) is 12.2. The van der Waals surface area contributed by atoms with Crippen LogP contribution in [0.5, 0.6) is 0 Å². The smallest absolute Gasteiger partial charge is 0.0101 e. The molecule has 0 radical (unpaired) electrons. The zero-order valence-corrected chi connectivity index (χ0v) is 18.1. The lowest BCUT2D eigenvalue weighted by Crippen LogP contribution is -2.61. The van der Waals surface area contributed by atoms with Crippen LogP contribution in [0.1, 0.15) is 66.5 Å². The summed E-state index contributed by atoms with van der Waals surface area (Å²) < 4.78 is 0.